The van der Waals surface area contributed by atoms with Crippen molar-refractivity contribution in [2.75, 3.05) is 0 Å². The molecule has 2 heterocycles. The Morgan fingerprint density at radius 2 is 1.86 bits per heavy atom. The predicted molar refractivity (Wildman–Crippen MR) is 84.5 cm³/mol. The first kappa shape index (κ1) is 14.3. The zero-order valence-corrected chi connectivity index (χ0v) is 12.1. The van der Waals surface area contributed by atoms with Crippen LogP contribution in [0.3, 0.4) is 0 Å². The predicted octanol–water partition coefficient (Wildman–Crippen LogP) is 3.35. The molecule has 0 aliphatic heterocycles. The summed E-state index contributed by atoms with van der Waals surface area (Å²) in [5, 5.41) is 8.75. The van der Waals surface area contributed by atoms with Crippen LogP contribution >= 0.6 is 0 Å². The van der Waals surface area contributed by atoms with Gasteiger partial charge in [0.05, 0.1) is 11.0 Å². The van der Waals surface area contributed by atoms with Crippen LogP contribution in [0.25, 0.3) is 22.4 Å². The fourth-order valence-corrected chi connectivity index (χ4v) is 2.57. The minimum Gasteiger partial charge on any atom is -0.481 e. The second kappa shape index (κ2) is 6.39. The third-order valence-corrected chi connectivity index (χ3v) is 3.62. The van der Waals surface area contributed by atoms with E-state index in [0.29, 0.717) is 6.42 Å². The molecular formula is C17H17N3O2. The number of pyridine rings is 1. The highest BCUT2D eigenvalue weighted by Gasteiger charge is 2.12. The molecular weight excluding hydrogens is 278 g/mol. The van der Waals surface area contributed by atoms with Crippen LogP contribution in [-0.4, -0.2) is 25.6 Å². The van der Waals surface area contributed by atoms with Crippen molar-refractivity contribution in [3.8, 4) is 11.4 Å². The normalized spacial score (nSPS) is 10.9. The van der Waals surface area contributed by atoms with Gasteiger partial charge in [-0.05, 0) is 37.1 Å². The maximum absolute atomic E-state index is 10.6. The summed E-state index contributed by atoms with van der Waals surface area (Å²) in [4.78, 5) is 19.4. The van der Waals surface area contributed by atoms with E-state index in [-0.39, 0.29) is 6.42 Å². The van der Waals surface area contributed by atoms with Gasteiger partial charge in [0.25, 0.3) is 0 Å². The molecule has 112 valence electrons. The Labute approximate surface area is 128 Å². The van der Waals surface area contributed by atoms with Crippen LogP contribution in [0.15, 0.2) is 48.8 Å². The second-order valence-corrected chi connectivity index (χ2v) is 5.16. The maximum atomic E-state index is 10.6. The highest BCUT2D eigenvalue weighted by Crippen LogP contribution is 2.24. The first-order valence-corrected chi connectivity index (χ1v) is 7.33. The highest BCUT2D eigenvalue weighted by molar-refractivity contribution is 5.80. The summed E-state index contributed by atoms with van der Waals surface area (Å²) in [7, 11) is 0. The van der Waals surface area contributed by atoms with Crippen molar-refractivity contribution in [3.05, 3.63) is 48.8 Å². The van der Waals surface area contributed by atoms with E-state index in [0.717, 1.165) is 35.4 Å². The summed E-state index contributed by atoms with van der Waals surface area (Å²) in [5.74, 6) is 0.156. The van der Waals surface area contributed by atoms with Crippen LogP contribution in [-0.2, 0) is 11.3 Å². The van der Waals surface area contributed by atoms with Gasteiger partial charge in [-0.1, -0.05) is 12.1 Å². The lowest BCUT2D eigenvalue weighted by Gasteiger charge is -2.08. The van der Waals surface area contributed by atoms with Crippen molar-refractivity contribution in [1.29, 1.82) is 0 Å². The number of aromatic nitrogens is 3. The summed E-state index contributed by atoms with van der Waals surface area (Å²) in [6, 6.07) is 11.9. The minimum absolute atomic E-state index is 0.206. The molecule has 0 aliphatic carbocycles. The zero-order valence-electron chi connectivity index (χ0n) is 12.1. The number of nitrogens with zero attached hydrogens (tertiary/aromatic N) is 3. The van der Waals surface area contributed by atoms with Gasteiger partial charge in [-0.25, -0.2) is 4.98 Å². The molecule has 0 unspecified atom stereocenters. The van der Waals surface area contributed by atoms with E-state index in [1.54, 1.807) is 12.4 Å². The molecule has 2 aromatic heterocycles. The van der Waals surface area contributed by atoms with Crippen LogP contribution in [0.5, 0.6) is 0 Å². The van der Waals surface area contributed by atoms with Crippen molar-refractivity contribution in [1.82, 2.24) is 14.5 Å². The molecule has 5 heteroatoms. The van der Waals surface area contributed by atoms with Gasteiger partial charge in [0.2, 0.25) is 0 Å². The van der Waals surface area contributed by atoms with Gasteiger partial charge in [0.15, 0.2) is 0 Å². The Morgan fingerprint density at radius 1 is 1.09 bits per heavy atom. The SMILES string of the molecule is O=C(O)CCCCn1c(-c2ccncc2)nc2ccccc21. The lowest BCUT2D eigenvalue weighted by molar-refractivity contribution is -0.137. The molecule has 0 amide bonds. The van der Waals surface area contributed by atoms with Crippen LogP contribution < -0.4 is 0 Å². The van der Waals surface area contributed by atoms with Gasteiger partial charge in [-0.15, -0.1) is 0 Å². The van der Waals surface area contributed by atoms with Gasteiger partial charge >= 0.3 is 5.97 Å². The minimum atomic E-state index is -0.746. The summed E-state index contributed by atoms with van der Waals surface area (Å²) < 4.78 is 2.16. The first-order valence-electron chi connectivity index (χ1n) is 7.33. The summed E-state index contributed by atoms with van der Waals surface area (Å²) >= 11 is 0. The van der Waals surface area contributed by atoms with Crippen LogP contribution in [0, 0.1) is 0 Å². The van der Waals surface area contributed by atoms with E-state index < -0.39 is 5.97 Å². The fourth-order valence-electron chi connectivity index (χ4n) is 2.57. The Bertz CT molecular complexity index is 781. The average molecular weight is 295 g/mol. The molecule has 0 fully saturated rings. The molecule has 22 heavy (non-hydrogen) atoms. The molecule has 1 N–H and O–H groups in total. The van der Waals surface area contributed by atoms with Crippen molar-refractivity contribution in [3.63, 3.8) is 0 Å². The highest BCUT2D eigenvalue weighted by atomic mass is 16.4. The van der Waals surface area contributed by atoms with Crippen LogP contribution in [0.1, 0.15) is 19.3 Å². The van der Waals surface area contributed by atoms with Gasteiger partial charge in [0, 0.05) is 30.9 Å². The second-order valence-electron chi connectivity index (χ2n) is 5.16. The van der Waals surface area contributed by atoms with Crippen molar-refractivity contribution < 1.29 is 9.90 Å². The quantitative estimate of drug-likeness (QED) is 0.708. The van der Waals surface area contributed by atoms with Crippen molar-refractivity contribution >= 4 is 17.0 Å². The van der Waals surface area contributed by atoms with E-state index in [2.05, 4.69) is 9.55 Å². The number of carboxylic acids is 1. The number of carboxylic acid groups (broad SMARTS) is 1. The zero-order chi connectivity index (χ0) is 15.4. The smallest absolute Gasteiger partial charge is 0.303 e. The lowest BCUT2D eigenvalue weighted by atomic mass is 10.2. The topological polar surface area (TPSA) is 68.0 Å². The molecule has 0 spiro atoms. The number of unbranched alkanes of at least 4 members (excludes halogenated alkanes) is 1. The number of aryl methyl sites for hydroxylation is 1. The number of hydrogen-bond donors (Lipinski definition) is 1. The summed E-state index contributed by atoms with van der Waals surface area (Å²) in [6.07, 6.45) is 5.19. The van der Waals surface area contributed by atoms with E-state index in [4.69, 9.17) is 10.1 Å². The van der Waals surface area contributed by atoms with Gasteiger partial charge in [-0.3, -0.25) is 9.78 Å². The lowest BCUT2D eigenvalue weighted by Crippen LogP contribution is -2.02. The van der Waals surface area contributed by atoms with E-state index in [1.165, 1.54) is 0 Å². The van der Waals surface area contributed by atoms with Crippen LogP contribution in [0.2, 0.25) is 0 Å². The van der Waals surface area contributed by atoms with Gasteiger partial charge < -0.3 is 9.67 Å². The Morgan fingerprint density at radius 3 is 2.64 bits per heavy atom. The Balaban J connectivity index is 1.93. The summed E-state index contributed by atoms with van der Waals surface area (Å²) in [5.41, 5.74) is 3.04. The number of benzene rings is 1. The molecule has 5 nitrogen and oxygen atoms in total. The molecule has 3 aromatic rings. The number of rotatable bonds is 6. The number of hydrogen-bond acceptors (Lipinski definition) is 3. The molecule has 1 aromatic carbocycles. The molecule has 3 rings (SSSR count). The van der Waals surface area contributed by atoms with Crippen molar-refractivity contribution in [2.24, 2.45) is 0 Å². The van der Waals surface area contributed by atoms with Gasteiger partial charge in [-0.2, -0.15) is 0 Å². The molecule has 0 aliphatic rings. The maximum Gasteiger partial charge on any atom is 0.303 e. The van der Waals surface area contributed by atoms with E-state index >= 15 is 0 Å². The monoisotopic (exact) mass is 295 g/mol. The number of aliphatic carboxylic acids is 1. The van der Waals surface area contributed by atoms with Crippen LogP contribution in [0.4, 0.5) is 0 Å². The number of carbonyl (C=O) groups is 1. The first-order chi connectivity index (χ1) is 10.8. The fraction of sp³-hybridized carbons (Fsp3) is 0.235. The largest absolute Gasteiger partial charge is 0.481 e. The summed E-state index contributed by atoms with van der Waals surface area (Å²) in [6.45, 7) is 0.755. The van der Waals surface area contributed by atoms with Gasteiger partial charge in [0.1, 0.15) is 5.82 Å². The Kier molecular flexibility index (Phi) is 4.14. The average Bonchev–Trinajstić information content (AvgIpc) is 2.91. The third-order valence-electron chi connectivity index (χ3n) is 3.62. The van der Waals surface area contributed by atoms with Crippen molar-refractivity contribution in [2.45, 2.75) is 25.8 Å². The molecule has 0 bridgehead atoms. The standard InChI is InChI=1S/C17H17N3O2/c21-16(22)7-3-4-12-20-15-6-2-1-5-14(15)19-17(20)13-8-10-18-11-9-13/h1-2,5-6,8-11H,3-4,7,12H2,(H,21,22). The number of imidazole rings is 1. The number of fused-ring (bicyclic) bond motifs is 1. The molecule has 0 saturated heterocycles. The number of para-hydroxylation sites is 2. The molecule has 0 radical (unpaired) electrons. The van der Waals surface area contributed by atoms with E-state index in [1.807, 2.05) is 36.4 Å². The Hall–Kier alpha value is -2.69. The molecule has 0 saturated carbocycles. The third kappa shape index (κ3) is 2.98. The van der Waals surface area contributed by atoms with E-state index in [9.17, 15) is 4.79 Å². The molecule has 0 atom stereocenters.